The lowest BCUT2D eigenvalue weighted by molar-refractivity contribution is 0.0978. The predicted octanol–water partition coefficient (Wildman–Crippen LogP) is 3.49. The number of benzene rings is 2. The van der Waals surface area contributed by atoms with Crippen molar-refractivity contribution in [2.24, 2.45) is 0 Å². The summed E-state index contributed by atoms with van der Waals surface area (Å²) in [6.45, 7) is 0. The standard InChI is InChI=1S/C19H11BrN2O2/c20-11-5-7-12(8-6-11)22-10-16-15(9-17(22)21)18(23)13-3-1-2-4-14(13)19(16)24/h1-10,21H. The van der Waals surface area contributed by atoms with Crippen LogP contribution in [0.3, 0.4) is 0 Å². The first kappa shape index (κ1) is 14.8. The summed E-state index contributed by atoms with van der Waals surface area (Å²) >= 11 is 3.38. The van der Waals surface area contributed by atoms with Gasteiger partial charge in [-0.3, -0.25) is 15.0 Å². The van der Waals surface area contributed by atoms with Crippen molar-refractivity contribution < 1.29 is 9.59 Å². The summed E-state index contributed by atoms with van der Waals surface area (Å²) in [4.78, 5) is 25.4. The van der Waals surface area contributed by atoms with Gasteiger partial charge < -0.3 is 4.57 Å². The van der Waals surface area contributed by atoms with E-state index in [0.717, 1.165) is 10.2 Å². The zero-order chi connectivity index (χ0) is 16.8. The van der Waals surface area contributed by atoms with Crippen LogP contribution in [0.1, 0.15) is 31.8 Å². The molecule has 4 rings (SSSR count). The molecule has 0 bridgehead atoms. The van der Waals surface area contributed by atoms with Crippen LogP contribution in [0.5, 0.6) is 0 Å². The fourth-order valence-corrected chi connectivity index (χ4v) is 3.17. The highest BCUT2D eigenvalue weighted by molar-refractivity contribution is 9.10. The van der Waals surface area contributed by atoms with Crippen molar-refractivity contribution in [3.05, 3.63) is 93.0 Å². The molecule has 1 N–H and O–H groups in total. The van der Waals surface area contributed by atoms with Crippen LogP contribution in [0.4, 0.5) is 0 Å². The maximum absolute atomic E-state index is 12.8. The number of rotatable bonds is 1. The zero-order valence-electron chi connectivity index (χ0n) is 12.4. The largest absolute Gasteiger partial charge is 0.302 e. The molecule has 0 fully saturated rings. The molecule has 1 heterocycles. The first-order valence-electron chi connectivity index (χ1n) is 7.32. The molecule has 0 aliphatic heterocycles. The van der Waals surface area contributed by atoms with Crippen LogP contribution in [-0.2, 0) is 0 Å². The first-order chi connectivity index (χ1) is 11.6. The van der Waals surface area contributed by atoms with Crippen LogP contribution in [-0.4, -0.2) is 16.1 Å². The normalized spacial score (nSPS) is 12.7. The Balaban J connectivity index is 1.95. The Morgan fingerprint density at radius 3 is 2.00 bits per heavy atom. The van der Waals surface area contributed by atoms with Gasteiger partial charge in [-0.25, -0.2) is 0 Å². The number of pyridine rings is 1. The lowest BCUT2D eigenvalue weighted by Gasteiger charge is -2.19. The Bertz CT molecular complexity index is 1070. The Morgan fingerprint density at radius 1 is 0.792 bits per heavy atom. The van der Waals surface area contributed by atoms with Gasteiger partial charge in [-0.15, -0.1) is 0 Å². The van der Waals surface area contributed by atoms with Crippen molar-refractivity contribution in [1.82, 2.24) is 4.57 Å². The van der Waals surface area contributed by atoms with E-state index in [4.69, 9.17) is 5.41 Å². The Kier molecular flexibility index (Phi) is 3.32. The number of aromatic nitrogens is 1. The van der Waals surface area contributed by atoms with E-state index in [1.54, 1.807) is 35.0 Å². The molecule has 0 saturated carbocycles. The molecule has 5 heteroatoms. The van der Waals surface area contributed by atoms with Gasteiger partial charge in [0.05, 0.1) is 5.56 Å². The van der Waals surface area contributed by atoms with Gasteiger partial charge in [0, 0.05) is 33.0 Å². The van der Waals surface area contributed by atoms with Gasteiger partial charge in [0.2, 0.25) is 0 Å². The molecule has 0 saturated heterocycles. The molecule has 0 atom stereocenters. The fraction of sp³-hybridized carbons (Fsp3) is 0. The number of carbonyl (C=O) groups excluding carboxylic acids is 2. The van der Waals surface area contributed by atoms with Crippen molar-refractivity contribution >= 4 is 27.5 Å². The first-order valence-corrected chi connectivity index (χ1v) is 8.11. The second kappa shape index (κ2) is 5.39. The zero-order valence-corrected chi connectivity index (χ0v) is 14.0. The highest BCUT2D eigenvalue weighted by atomic mass is 79.9. The molecule has 2 aromatic carbocycles. The summed E-state index contributed by atoms with van der Waals surface area (Å²) in [6.07, 6.45) is 1.58. The average Bonchev–Trinajstić information content (AvgIpc) is 2.60. The van der Waals surface area contributed by atoms with E-state index in [1.807, 2.05) is 24.3 Å². The molecule has 1 aliphatic rings. The average molecular weight is 379 g/mol. The molecule has 0 spiro atoms. The topological polar surface area (TPSA) is 62.9 Å². The molecule has 1 aliphatic carbocycles. The van der Waals surface area contributed by atoms with Crippen LogP contribution in [0.25, 0.3) is 5.69 Å². The van der Waals surface area contributed by atoms with Crippen LogP contribution in [0.15, 0.2) is 65.3 Å². The molecule has 0 unspecified atom stereocenters. The van der Waals surface area contributed by atoms with Crippen molar-refractivity contribution in [3.8, 4) is 5.69 Å². The summed E-state index contributed by atoms with van der Waals surface area (Å²) in [7, 11) is 0. The summed E-state index contributed by atoms with van der Waals surface area (Å²) < 4.78 is 2.53. The van der Waals surface area contributed by atoms with Gasteiger partial charge in [0.15, 0.2) is 11.6 Å². The van der Waals surface area contributed by atoms with Crippen LogP contribution >= 0.6 is 15.9 Å². The number of halogens is 1. The van der Waals surface area contributed by atoms with Gasteiger partial charge >= 0.3 is 0 Å². The second-order valence-electron chi connectivity index (χ2n) is 5.54. The molecular formula is C19H11BrN2O2. The van der Waals surface area contributed by atoms with Crippen LogP contribution in [0, 0.1) is 5.41 Å². The lowest BCUT2D eigenvalue weighted by Crippen LogP contribution is -2.27. The minimum absolute atomic E-state index is 0.150. The number of carbonyl (C=O) groups is 2. The molecule has 1 aromatic heterocycles. The highest BCUT2D eigenvalue weighted by Gasteiger charge is 2.30. The number of fused-ring (bicyclic) bond motifs is 2. The van der Waals surface area contributed by atoms with Crippen molar-refractivity contribution in [2.75, 3.05) is 0 Å². The smallest absolute Gasteiger partial charge is 0.196 e. The predicted molar refractivity (Wildman–Crippen MR) is 92.6 cm³/mol. The third-order valence-electron chi connectivity index (χ3n) is 4.10. The van der Waals surface area contributed by atoms with Crippen LogP contribution in [0.2, 0.25) is 0 Å². The Labute approximate surface area is 146 Å². The highest BCUT2D eigenvalue weighted by Crippen LogP contribution is 2.26. The SMILES string of the molecule is N=c1cc2c(cn1-c1ccc(Br)cc1)C(=O)c1ccccc1C2=O. The number of nitrogens with zero attached hydrogens (tertiary/aromatic N) is 1. The van der Waals surface area contributed by atoms with E-state index >= 15 is 0 Å². The third-order valence-corrected chi connectivity index (χ3v) is 4.63. The second-order valence-corrected chi connectivity index (χ2v) is 6.45. The van der Waals surface area contributed by atoms with E-state index in [1.165, 1.54) is 6.07 Å². The van der Waals surface area contributed by atoms with E-state index in [0.29, 0.717) is 16.7 Å². The lowest BCUT2D eigenvalue weighted by atomic mass is 9.85. The van der Waals surface area contributed by atoms with Crippen molar-refractivity contribution in [3.63, 3.8) is 0 Å². The molecule has 116 valence electrons. The summed E-state index contributed by atoms with van der Waals surface area (Å²) in [5.41, 5.74) is 2.34. The molecule has 0 radical (unpaired) electrons. The van der Waals surface area contributed by atoms with Crippen LogP contribution < -0.4 is 5.49 Å². The molecule has 0 amide bonds. The summed E-state index contributed by atoms with van der Waals surface area (Å²) in [6, 6.07) is 15.7. The Morgan fingerprint density at radius 2 is 1.38 bits per heavy atom. The van der Waals surface area contributed by atoms with E-state index in [-0.39, 0.29) is 22.6 Å². The molecule has 4 nitrogen and oxygen atoms in total. The maximum Gasteiger partial charge on any atom is 0.196 e. The summed E-state index contributed by atoms with van der Waals surface area (Å²) in [5, 5.41) is 8.23. The van der Waals surface area contributed by atoms with Crippen molar-refractivity contribution in [1.29, 1.82) is 5.41 Å². The third kappa shape index (κ3) is 2.17. The number of hydrogen-bond acceptors (Lipinski definition) is 3. The van der Waals surface area contributed by atoms with Crippen molar-refractivity contribution in [2.45, 2.75) is 0 Å². The van der Waals surface area contributed by atoms with Gasteiger partial charge in [-0.2, -0.15) is 0 Å². The van der Waals surface area contributed by atoms with Gasteiger partial charge in [-0.1, -0.05) is 40.2 Å². The number of hydrogen-bond donors (Lipinski definition) is 1. The number of nitrogens with one attached hydrogen (secondary N) is 1. The van der Waals surface area contributed by atoms with Gasteiger partial charge in [0.25, 0.3) is 0 Å². The quantitative estimate of drug-likeness (QED) is 0.550. The monoisotopic (exact) mass is 378 g/mol. The fourth-order valence-electron chi connectivity index (χ4n) is 2.91. The van der Waals surface area contributed by atoms with Gasteiger partial charge in [0.1, 0.15) is 5.49 Å². The van der Waals surface area contributed by atoms with E-state index in [2.05, 4.69) is 15.9 Å². The van der Waals surface area contributed by atoms with E-state index < -0.39 is 0 Å². The molecule has 24 heavy (non-hydrogen) atoms. The van der Waals surface area contributed by atoms with E-state index in [9.17, 15) is 9.59 Å². The summed E-state index contributed by atoms with van der Waals surface area (Å²) in [5.74, 6) is -0.400. The maximum atomic E-state index is 12.8. The minimum atomic E-state index is -0.211. The molecule has 3 aromatic rings. The minimum Gasteiger partial charge on any atom is -0.302 e. The number of ketones is 2. The molecular weight excluding hydrogens is 368 g/mol. The Hall–Kier alpha value is -2.79. The van der Waals surface area contributed by atoms with Gasteiger partial charge in [-0.05, 0) is 30.3 Å².